The third kappa shape index (κ3) is 2.70. The highest BCUT2D eigenvalue weighted by Gasteiger charge is 2.17. The van der Waals surface area contributed by atoms with Crippen molar-refractivity contribution in [2.24, 2.45) is 0 Å². The van der Waals surface area contributed by atoms with Gasteiger partial charge in [-0.05, 0) is 19.1 Å². The van der Waals surface area contributed by atoms with Gasteiger partial charge in [0, 0.05) is 0 Å². The lowest BCUT2D eigenvalue weighted by atomic mass is 10.3. The highest BCUT2D eigenvalue weighted by atomic mass is 32.1. The number of halogens is 2. The standard InChI is InChI=1S/C12H10F2N2O2S/c1-6-10(11(17)18-2)19-12(15-6)16-9-7(13)4-3-5-8(9)14/h3-5H,1-2H3,(H,15,16). The second kappa shape index (κ2) is 5.31. The van der Waals surface area contributed by atoms with Gasteiger partial charge in [0.15, 0.2) is 5.13 Å². The molecule has 0 aliphatic rings. The lowest BCUT2D eigenvalue weighted by molar-refractivity contribution is 0.0605. The second-order valence-electron chi connectivity index (χ2n) is 3.65. The Balaban J connectivity index is 2.32. The third-order valence-electron chi connectivity index (χ3n) is 2.36. The summed E-state index contributed by atoms with van der Waals surface area (Å²) in [6.07, 6.45) is 0. The lowest BCUT2D eigenvalue weighted by Crippen LogP contribution is -1.99. The molecule has 1 aromatic heterocycles. The summed E-state index contributed by atoms with van der Waals surface area (Å²) in [5.74, 6) is -1.99. The van der Waals surface area contributed by atoms with Crippen LogP contribution in [-0.4, -0.2) is 18.1 Å². The molecule has 0 spiro atoms. The van der Waals surface area contributed by atoms with Gasteiger partial charge in [-0.3, -0.25) is 0 Å². The molecule has 0 aliphatic heterocycles. The van der Waals surface area contributed by atoms with E-state index in [1.54, 1.807) is 6.92 Å². The van der Waals surface area contributed by atoms with Crippen LogP contribution in [0.15, 0.2) is 18.2 Å². The van der Waals surface area contributed by atoms with Gasteiger partial charge in [0.1, 0.15) is 22.2 Å². The number of thiazole rings is 1. The highest BCUT2D eigenvalue weighted by Crippen LogP contribution is 2.28. The van der Waals surface area contributed by atoms with Crippen molar-refractivity contribution >= 4 is 28.1 Å². The number of esters is 1. The summed E-state index contributed by atoms with van der Waals surface area (Å²) in [7, 11) is 1.26. The van der Waals surface area contributed by atoms with E-state index in [4.69, 9.17) is 0 Å². The maximum absolute atomic E-state index is 13.5. The molecule has 1 aromatic carbocycles. The van der Waals surface area contributed by atoms with Gasteiger partial charge >= 0.3 is 5.97 Å². The van der Waals surface area contributed by atoms with E-state index in [0.717, 1.165) is 23.5 Å². The number of ether oxygens (including phenoxy) is 1. The number of carbonyl (C=O) groups excluding carboxylic acids is 1. The van der Waals surface area contributed by atoms with Crippen LogP contribution >= 0.6 is 11.3 Å². The minimum atomic E-state index is -0.729. The van der Waals surface area contributed by atoms with E-state index < -0.39 is 17.6 Å². The minimum Gasteiger partial charge on any atom is -0.465 e. The fraction of sp³-hybridized carbons (Fsp3) is 0.167. The van der Waals surface area contributed by atoms with Gasteiger partial charge in [-0.2, -0.15) is 0 Å². The average molecular weight is 284 g/mol. The molecule has 0 fully saturated rings. The first-order valence-corrected chi connectivity index (χ1v) is 6.11. The Morgan fingerprint density at radius 3 is 2.58 bits per heavy atom. The molecule has 0 unspecified atom stereocenters. The van der Waals surface area contributed by atoms with E-state index in [1.807, 2.05) is 0 Å². The monoisotopic (exact) mass is 284 g/mol. The number of benzene rings is 1. The Morgan fingerprint density at radius 1 is 1.37 bits per heavy atom. The molecule has 0 radical (unpaired) electrons. The zero-order chi connectivity index (χ0) is 14.0. The first-order chi connectivity index (χ1) is 9.02. The summed E-state index contributed by atoms with van der Waals surface area (Å²) in [4.78, 5) is 15.7. The number of nitrogens with zero attached hydrogens (tertiary/aromatic N) is 1. The molecule has 0 saturated carbocycles. The Kier molecular flexibility index (Phi) is 3.75. The van der Waals surface area contributed by atoms with Crippen LogP contribution < -0.4 is 5.32 Å². The predicted octanol–water partition coefficient (Wildman–Crippen LogP) is 3.26. The van der Waals surface area contributed by atoms with E-state index in [9.17, 15) is 13.6 Å². The number of anilines is 2. The molecule has 100 valence electrons. The Morgan fingerprint density at radius 2 is 2.00 bits per heavy atom. The van der Waals surface area contributed by atoms with Crippen molar-refractivity contribution in [1.82, 2.24) is 4.98 Å². The van der Waals surface area contributed by atoms with Gasteiger partial charge in [0.25, 0.3) is 0 Å². The van der Waals surface area contributed by atoms with E-state index in [0.29, 0.717) is 10.6 Å². The van der Waals surface area contributed by atoms with Crippen molar-refractivity contribution in [3.05, 3.63) is 40.4 Å². The number of hydrogen-bond acceptors (Lipinski definition) is 5. The van der Waals surface area contributed by atoms with Gasteiger partial charge in [-0.25, -0.2) is 18.6 Å². The average Bonchev–Trinajstić information content (AvgIpc) is 2.74. The van der Waals surface area contributed by atoms with E-state index in [2.05, 4.69) is 15.0 Å². The van der Waals surface area contributed by atoms with Crippen molar-refractivity contribution in [3.8, 4) is 0 Å². The van der Waals surface area contributed by atoms with Crippen LogP contribution in [0.2, 0.25) is 0 Å². The van der Waals surface area contributed by atoms with Gasteiger partial charge in [-0.1, -0.05) is 17.4 Å². The lowest BCUT2D eigenvalue weighted by Gasteiger charge is -2.04. The number of nitrogens with one attached hydrogen (secondary N) is 1. The van der Waals surface area contributed by atoms with Gasteiger partial charge in [-0.15, -0.1) is 0 Å². The summed E-state index contributed by atoms with van der Waals surface area (Å²) in [6.45, 7) is 1.62. The molecule has 0 aliphatic carbocycles. The molecule has 1 heterocycles. The maximum Gasteiger partial charge on any atom is 0.350 e. The zero-order valence-electron chi connectivity index (χ0n) is 10.2. The molecule has 0 saturated heterocycles. The molecule has 0 atom stereocenters. The number of aromatic nitrogens is 1. The molecule has 2 rings (SSSR count). The van der Waals surface area contributed by atoms with Gasteiger partial charge in [0.2, 0.25) is 0 Å². The normalized spacial score (nSPS) is 10.3. The van der Waals surface area contributed by atoms with E-state index in [1.165, 1.54) is 13.2 Å². The predicted molar refractivity (Wildman–Crippen MR) is 67.8 cm³/mol. The molecule has 0 bridgehead atoms. The van der Waals surface area contributed by atoms with Crippen LogP contribution in [0.1, 0.15) is 15.4 Å². The summed E-state index contributed by atoms with van der Waals surface area (Å²) >= 11 is 0.974. The molecular weight excluding hydrogens is 274 g/mol. The second-order valence-corrected chi connectivity index (χ2v) is 4.65. The summed E-state index contributed by atoms with van der Waals surface area (Å²) in [5, 5.41) is 2.75. The quantitative estimate of drug-likeness (QED) is 0.879. The molecular formula is C12H10F2N2O2S. The van der Waals surface area contributed by atoms with Crippen LogP contribution in [0.25, 0.3) is 0 Å². The first kappa shape index (κ1) is 13.4. The van der Waals surface area contributed by atoms with Crippen molar-refractivity contribution in [2.45, 2.75) is 6.92 Å². The molecule has 7 heteroatoms. The molecule has 19 heavy (non-hydrogen) atoms. The number of aryl methyl sites for hydroxylation is 1. The van der Waals surface area contributed by atoms with Gasteiger partial charge < -0.3 is 10.1 Å². The number of hydrogen-bond donors (Lipinski definition) is 1. The Bertz CT molecular complexity index is 608. The summed E-state index contributed by atoms with van der Waals surface area (Å²) < 4.78 is 31.5. The minimum absolute atomic E-state index is 0.224. The van der Waals surface area contributed by atoms with E-state index in [-0.39, 0.29) is 10.8 Å². The van der Waals surface area contributed by atoms with Crippen molar-refractivity contribution in [3.63, 3.8) is 0 Å². The third-order valence-corrected chi connectivity index (χ3v) is 3.41. The Labute approximate surface area is 112 Å². The largest absolute Gasteiger partial charge is 0.465 e. The number of rotatable bonds is 3. The molecule has 0 amide bonds. The summed E-state index contributed by atoms with van der Waals surface area (Å²) in [5.41, 5.74) is 0.142. The number of methoxy groups -OCH3 is 1. The fourth-order valence-electron chi connectivity index (χ4n) is 1.46. The van der Waals surface area contributed by atoms with Crippen LogP contribution in [-0.2, 0) is 4.74 Å². The Hall–Kier alpha value is -2.02. The van der Waals surface area contributed by atoms with Crippen molar-refractivity contribution < 1.29 is 18.3 Å². The smallest absolute Gasteiger partial charge is 0.350 e. The van der Waals surface area contributed by atoms with Crippen LogP contribution in [0, 0.1) is 18.6 Å². The number of para-hydroxylation sites is 1. The van der Waals surface area contributed by atoms with Gasteiger partial charge in [0.05, 0.1) is 12.8 Å². The molecule has 2 aromatic rings. The van der Waals surface area contributed by atoms with Crippen LogP contribution in [0.3, 0.4) is 0 Å². The van der Waals surface area contributed by atoms with Crippen LogP contribution in [0.5, 0.6) is 0 Å². The topological polar surface area (TPSA) is 51.2 Å². The van der Waals surface area contributed by atoms with Crippen molar-refractivity contribution in [2.75, 3.05) is 12.4 Å². The summed E-state index contributed by atoms with van der Waals surface area (Å²) in [6, 6.07) is 3.53. The van der Waals surface area contributed by atoms with E-state index >= 15 is 0 Å². The zero-order valence-corrected chi connectivity index (χ0v) is 11.0. The first-order valence-electron chi connectivity index (χ1n) is 5.29. The number of carbonyl (C=O) groups is 1. The van der Waals surface area contributed by atoms with Crippen LogP contribution in [0.4, 0.5) is 19.6 Å². The molecule has 4 nitrogen and oxygen atoms in total. The molecule has 1 N–H and O–H groups in total. The maximum atomic E-state index is 13.5. The highest BCUT2D eigenvalue weighted by molar-refractivity contribution is 7.17. The SMILES string of the molecule is COC(=O)c1sc(Nc2c(F)cccc2F)nc1C. The van der Waals surface area contributed by atoms with Crippen molar-refractivity contribution in [1.29, 1.82) is 0 Å². The fourth-order valence-corrected chi connectivity index (χ4v) is 2.35.